The van der Waals surface area contributed by atoms with Gasteiger partial charge in [0, 0.05) is 11.8 Å². The van der Waals surface area contributed by atoms with Crippen molar-refractivity contribution in [2.45, 2.75) is 13.1 Å². The summed E-state index contributed by atoms with van der Waals surface area (Å²) in [5.74, 6) is -0.0434. The van der Waals surface area contributed by atoms with Gasteiger partial charge in [0.15, 0.2) is 0 Å². The number of nitrogens with zero attached hydrogens (tertiary/aromatic N) is 3. The van der Waals surface area contributed by atoms with E-state index in [1.807, 2.05) is 0 Å². The Kier molecular flexibility index (Phi) is 4.58. The van der Waals surface area contributed by atoms with E-state index in [1.165, 1.54) is 30.5 Å². The molecule has 0 fully saturated rings. The minimum absolute atomic E-state index is 0.0434. The maximum Gasteiger partial charge on any atom is 0.416 e. The highest BCUT2D eigenvalue weighted by atomic mass is 19.4. The van der Waals surface area contributed by atoms with E-state index < -0.39 is 16.7 Å². The van der Waals surface area contributed by atoms with Gasteiger partial charge in [-0.25, -0.2) is 4.98 Å². The largest absolute Gasteiger partial charge is 0.416 e. The van der Waals surface area contributed by atoms with Crippen LogP contribution in [0.3, 0.4) is 0 Å². The van der Waals surface area contributed by atoms with Crippen LogP contribution in [0.2, 0.25) is 0 Å². The minimum atomic E-state index is -4.40. The number of nitrogens with one attached hydrogen (secondary N) is 1. The standard InChI is InChI=1S/C14H11F3N4O2/c1-9-2-7-12(21(22)23)13(19-9)20-18-8-10-3-5-11(6-4-10)14(15,16)17/h2-8H,1H3,(H,19,20)/b18-8-. The van der Waals surface area contributed by atoms with Gasteiger partial charge < -0.3 is 0 Å². The smallest absolute Gasteiger partial charge is 0.258 e. The molecule has 9 heteroatoms. The first-order valence-electron chi connectivity index (χ1n) is 6.36. The summed E-state index contributed by atoms with van der Waals surface area (Å²) in [4.78, 5) is 14.2. The Morgan fingerprint density at radius 1 is 1.22 bits per heavy atom. The molecule has 0 aliphatic rings. The first-order valence-corrected chi connectivity index (χ1v) is 6.36. The summed E-state index contributed by atoms with van der Waals surface area (Å²) in [5.41, 5.74) is 2.37. The molecule has 0 amide bonds. The Hall–Kier alpha value is -2.97. The minimum Gasteiger partial charge on any atom is -0.258 e. The van der Waals surface area contributed by atoms with Crippen LogP contribution in [0.1, 0.15) is 16.8 Å². The molecule has 6 nitrogen and oxygen atoms in total. The van der Waals surface area contributed by atoms with Gasteiger partial charge in [-0.1, -0.05) is 12.1 Å². The molecule has 0 saturated carbocycles. The van der Waals surface area contributed by atoms with Crippen LogP contribution in [-0.2, 0) is 6.18 Å². The van der Waals surface area contributed by atoms with Gasteiger partial charge in [0.2, 0.25) is 5.82 Å². The van der Waals surface area contributed by atoms with E-state index >= 15 is 0 Å². The summed E-state index contributed by atoms with van der Waals surface area (Å²) in [7, 11) is 0. The third-order valence-corrected chi connectivity index (χ3v) is 2.83. The Labute approximate surface area is 128 Å². The van der Waals surface area contributed by atoms with Crippen molar-refractivity contribution in [1.29, 1.82) is 0 Å². The van der Waals surface area contributed by atoms with Crippen molar-refractivity contribution in [3.63, 3.8) is 0 Å². The zero-order chi connectivity index (χ0) is 17.0. The number of aromatic nitrogens is 1. The van der Waals surface area contributed by atoms with Crippen molar-refractivity contribution < 1.29 is 18.1 Å². The van der Waals surface area contributed by atoms with Gasteiger partial charge in [-0.05, 0) is 30.7 Å². The zero-order valence-electron chi connectivity index (χ0n) is 11.8. The van der Waals surface area contributed by atoms with Crippen LogP contribution < -0.4 is 5.43 Å². The number of nitro groups is 1. The van der Waals surface area contributed by atoms with Gasteiger partial charge in [-0.15, -0.1) is 0 Å². The van der Waals surface area contributed by atoms with Crippen molar-refractivity contribution in [3.8, 4) is 0 Å². The van der Waals surface area contributed by atoms with Crippen LogP contribution in [0.4, 0.5) is 24.7 Å². The Morgan fingerprint density at radius 2 is 1.87 bits per heavy atom. The molecule has 1 aromatic heterocycles. The molecule has 0 aliphatic carbocycles. The van der Waals surface area contributed by atoms with Gasteiger partial charge in [0.05, 0.1) is 16.7 Å². The number of aryl methyl sites for hydroxylation is 1. The average molecular weight is 324 g/mol. The van der Waals surface area contributed by atoms with Crippen molar-refractivity contribution in [3.05, 3.63) is 63.3 Å². The number of hydrazone groups is 1. The monoisotopic (exact) mass is 324 g/mol. The number of alkyl halides is 3. The molecule has 0 atom stereocenters. The highest BCUT2D eigenvalue weighted by molar-refractivity contribution is 5.80. The fourth-order valence-electron chi connectivity index (χ4n) is 1.71. The normalized spacial score (nSPS) is 11.7. The first kappa shape index (κ1) is 16.4. The van der Waals surface area contributed by atoms with Gasteiger partial charge in [0.1, 0.15) is 0 Å². The number of rotatable bonds is 4. The van der Waals surface area contributed by atoms with Crippen molar-refractivity contribution in [1.82, 2.24) is 4.98 Å². The molecule has 0 bridgehead atoms. The second kappa shape index (κ2) is 6.42. The fourth-order valence-corrected chi connectivity index (χ4v) is 1.71. The predicted octanol–water partition coefficient (Wildman–Crippen LogP) is 3.76. The number of hydrogen-bond donors (Lipinski definition) is 1. The Balaban J connectivity index is 2.13. The zero-order valence-corrected chi connectivity index (χ0v) is 11.8. The molecule has 0 unspecified atom stereocenters. The summed E-state index contributed by atoms with van der Waals surface area (Å²) in [6.07, 6.45) is -3.16. The van der Waals surface area contributed by atoms with Gasteiger partial charge in [-0.3, -0.25) is 15.5 Å². The van der Waals surface area contributed by atoms with E-state index in [0.29, 0.717) is 11.3 Å². The van der Waals surface area contributed by atoms with Crippen molar-refractivity contribution >= 4 is 17.7 Å². The SMILES string of the molecule is Cc1ccc([N+](=O)[O-])c(N/N=C\c2ccc(C(F)(F)F)cc2)n1. The van der Waals surface area contributed by atoms with Gasteiger partial charge >= 0.3 is 11.9 Å². The van der Waals surface area contributed by atoms with E-state index in [1.54, 1.807) is 6.92 Å². The van der Waals surface area contributed by atoms with Crippen LogP contribution in [0, 0.1) is 17.0 Å². The quantitative estimate of drug-likeness (QED) is 0.527. The van der Waals surface area contributed by atoms with E-state index in [9.17, 15) is 23.3 Å². The number of pyridine rings is 1. The van der Waals surface area contributed by atoms with Crippen LogP contribution in [0.5, 0.6) is 0 Å². The van der Waals surface area contributed by atoms with E-state index in [-0.39, 0.29) is 11.5 Å². The summed E-state index contributed by atoms with van der Waals surface area (Å²) >= 11 is 0. The third-order valence-electron chi connectivity index (χ3n) is 2.83. The van der Waals surface area contributed by atoms with Crippen LogP contribution >= 0.6 is 0 Å². The van der Waals surface area contributed by atoms with E-state index in [0.717, 1.165) is 12.1 Å². The first-order chi connectivity index (χ1) is 10.8. The van der Waals surface area contributed by atoms with Crippen LogP contribution in [0.15, 0.2) is 41.5 Å². The number of halogens is 3. The molecule has 0 saturated heterocycles. The highest BCUT2D eigenvalue weighted by Gasteiger charge is 2.29. The van der Waals surface area contributed by atoms with Crippen molar-refractivity contribution in [2.24, 2.45) is 5.10 Å². The molecular formula is C14H11F3N4O2. The van der Waals surface area contributed by atoms with Gasteiger partial charge in [0.25, 0.3) is 0 Å². The van der Waals surface area contributed by atoms with Crippen molar-refractivity contribution in [2.75, 3.05) is 5.43 Å². The molecule has 1 aromatic carbocycles. The van der Waals surface area contributed by atoms with Crippen LogP contribution in [-0.4, -0.2) is 16.1 Å². The van der Waals surface area contributed by atoms with Crippen LogP contribution in [0.25, 0.3) is 0 Å². The average Bonchev–Trinajstić information content (AvgIpc) is 2.46. The molecule has 2 aromatic rings. The molecular weight excluding hydrogens is 313 g/mol. The maximum atomic E-state index is 12.4. The summed E-state index contributed by atoms with van der Waals surface area (Å²) in [6.45, 7) is 1.66. The predicted molar refractivity (Wildman–Crippen MR) is 78.3 cm³/mol. The highest BCUT2D eigenvalue weighted by Crippen LogP contribution is 2.29. The van der Waals surface area contributed by atoms with E-state index in [4.69, 9.17) is 0 Å². The molecule has 0 spiro atoms. The molecule has 23 heavy (non-hydrogen) atoms. The van der Waals surface area contributed by atoms with Gasteiger partial charge in [-0.2, -0.15) is 18.3 Å². The second-order valence-corrected chi connectivity index (χ2v) is 4.57. The molecule has 0 radical (unpaired) electrons. The number of benzene rings is 1. The Morgan fingerprint density at radius 3 is 2.43 bits per heavy atom. The second-order valence-electron chi connectivity index (χ2n) is 4.57. The number of hydrogen-bond acceptors (Lipinski definition) is 5. The topological polar surface area (TPSA) is 80.4 Å². The molecule has 1 heterocycles. The summed E-state index contributed by atoms with van der Waals surface area (Å²) in [6, 6.07) is 7.11. The lowest BCUT2D eigenvalue weighted by atomic mass is 10.1. The lowest BCUT2D eigenvalue weighted by Crippen LogP contribution is -2.04. The summed E-state index contributed by atoms with van der Waals surface area (Å²) < 4.78 is 37.3. The molecule has 0 aliphatic heterocycles. The lowest BCUT2D eigenvalue weighted by molar-refractivity contribution is -0.384. The maximum absolute atomic E-state index is 12.4. The number of anilines is 1. The fraction of sp³-hybridized carbons (Fsp3) is 0.143. The molecule has 2 rings (SSSR count). The third kappa shape index (κ3) is 4.25. The lowest BCUT2D eigenvalue weighted by Gasteiger charge is -2.05. The summed E-state index contributed by atoms with van der Waals surface area (Å²) in [5, 5.41) is 14.6. The Bertz CT molecular complexity index is 743. The molecule has 1 N–H and O–H groups in total. The van der Waals surface area contributed by atoms with E-state index in [2.05, 4.69) is 15.5 Å². The molecule has 120 valence electrons.